The van der Waals surface area contributed by atoms with E-state index in [1.54, 1.807) is 17.5 Å². The zero-order valence-corrected chi connectivity index (χ0v) is 10.8. The van der Waals surface area contributed by atoms with E-state index in [9.17, 15) is 0 Å². The average molecular weight is 261 g/mol. The van der Waals surface area contributed by atoms with E-state index in [1.807, 2.05) is 23.8 Å². The molecule has 1 saturated carbocycles. The molecule has 18 heavy (non-hydrogen) atoms. The third-order valence-corrected chi connectivity index (χ3v) is 3.56. The summed E-state index contributed by atoms with van der Waals surface area (Å²) in [5, 5.41) is 3.44. The van der Waals surface area contributed by atoms with Crippen molar-refractivity contribution in [2.75, 3.05) is 0 Å². The SMILES string of the molecule is c1ncc(COc2ccc(CNC3CC3)nc2)s1. The van der Waals surface area contributed by atoms with E-state index in [1.165, 1.54) is 12.8 Å². The van der Waals surface area contributed by atoms with Crippen LogP contribution in [0.5, 0.6) is 5.75 Å². The van der Waals surface area contributed by atoms with Crippen LogP contribution in [0.1, 0.15) is 23.4 Å². The van der Waals surface area contributed by atoms with Gasteiger partial charge in [0.15, 0.2) is 0 Å². The van der Waals surface area contributed by atoms with Crippen molar-refractivity contribution in [3.63, 3.8) is 0 Å². The summed E-state index contributed by atoms with van der Waals surface area (Å²) in [6, 6.07) is 4.70. The standard InChI is InChI=1S/C13H15N3OS/c1-2-10(1)15-5-11-3-4-12(6-16-11)17-8-13-7-14-9-18-13/h3-4,6-7,9-10,15H,1-2,5,8H2. The van der Waals surface area contributed by atoms with E-state index in [-0.39, 0.29) is 0 Å². The summed E-state index contributed by atoms with van der Waals surface area (Å²) in [6.07, 6.45) is 6.21. The number of aromatic nitrogens is 2. The summed E-state index contributed by atoms with van der Waals surface area (Å²) in [5.41, 5.74) is 2.87. The highest BCUT2D eigenvalue weighted by atomic mass is 32.1. The molecule has 1 fully saturated rings. The van der Waals surface area contributed by atoms with E-state index < -0.39 is 0 Å². The summed E-state index contributed by atoms with van der Waals surface area (Å²) in [7, 11) is 0. The van der Waals surface area contributed by atoms with E-state index in [0.29, 0.717) is 12.6 Å². The largest absolute Gasteiger partial charge is 0.486 e. The minimum atomic E-state index is 0.562. The van der Waals surface area contributed by atoms with Crippen LogP contribution in [-0.2, 0) is 13.2 Å². The molecule has 1 aliphatic carbocycles. The van der Waals surface area contributed by atoms with Gasteiger partial charge in [-0.3, -0.25) is 9.97 Å². The number of pyridine rings is 1. The lowest BCUT2D eigenvalue weighted by atomic mass is 10.3. The van der Waals surface area contributed by atoms with Crippen LogP contribution in [-0.4, -0.2) is 16.0 Å². The van der Waals surface area contributed by atoms with Crippen LogP contribution in [0.2, 0.25) is 0 Å². The number of rotatable bonds is 6. The molecule has 0 bridgehead atoms. The summed E-state index contributed by atoms with van der Waals surface area (Å²) in [5.74, 6) is 0.804. The maximum absolute atomic E-state index is 5.63. The summed E-state index contributed by atoms with van der Waals surface area (Å²) >= 11 is 1.60. The lowest BCUT2D eigenvalue weighted by molar-refractivity contribution is 0.308. The lowest BCUT2D eigenvalue weighted by Crippen LogP contribution is -2.16. The number of hydrogen-bond donors (Lipinski definition) is 1. The van der Waals surface area contributed by atoms with Crippen LogP contribution in [0.3, 0.4) is 0 Å². The third kappa shape index (κ3) is 3.27. The number of hydrogen-bond acceptors (Lipinski definition) is 5. The van der Waals surface area contributed by atoms with Crippen molar-refractivity contribution in [2.24, 2.45) is 0 Å². The van der Waals surface area contributed by atoms with Crippen molar-refractivity contribution < 1.29 is 4.74 Å². The average Bonchev–Trinajstić information content (AvgIpc) is 3.09. The Hall–Kier alpha value is -1.46. The fraction of sp³-hybridized carbons (Fsp3) is 0.385. The molecule has 94 valence electrons. The normalized spacial score (nSPS) is 14.7. The van der Waals surface area contributed by atoms with Gasteiger partial charge in [0.1, 0.15) is 12.4 Å². The van der Waals surface area contributed by atoms with Gasteiger partial charge >= 0.3 is 0 Å². The Bertz CT molecular complexity index is 479. The monoisotopic (exact) mass is 261 g/mol. The maximum atomic E-state index is 5.63. The minimum Gasteiger partial charge on any atom is -0.486 e. The first-order chi connectivity index (χ1) is 8.90. The molecule has 2 aromatic rings. The van der Waals surface area contributed by atoms with Crippen LogP contribution >= 0.6 is 11.3 Å². The van der Waals surface area contributed by atoms with Gasteiger partial charge in [-0.15, -0.1) is 11.3 Å². The third-order valence-electron chi connectivity index (χ3n) is 2.81. The molecule has 0 aliphatic heterocycles. The predicted molar refractivity (Wildman–Crippen MR) is 70.5 cm³/mol. The van der Waals surface area contributed by atoms with Crippen molar-refractivity contribution in [3.8, 4) is 5.75 Å². The van der Waals surface area contributed by atoms with Crippen molar-refractivity contribution in [3.05, 3.63) is 40.6 Å². The summed E-state index contributed by atoms with van der Waals surface area (Å²) in [6.45, 7) is 1.41. The molecule has 1 N–H and O–H groups in total. The molecule has 0 aromatic carbocycles. The van der Waals surface area contributed by atoms with E-state index in [2.05, 4.69) is 15.3 Å². The fourth-order valence-corrected chi connectivity index (χ4v) is 2.11. The van der Waals surface area contributed by atoms with Gasteiger partial charge in [-0.1, -0.05) is 0 Å². The van der Waals surface area contributed by atoms with Crippen LogP contribution in [0.15, 0.2) is 30.0 Å². The molecule has 0 atom stereocenters. The first-order valence-electron chi connectivity index (χ1n) is 6.08. The summed E-state index contributed by atoms with van der Waals surface area (Å²) < 4.78 is 5.63. The Morgan fingerprint density at radius 2 is 2.28 bits per heavy atom. The molecular weight excluding hydrogens is 246 g/mol. The van der Waals surface area contributed by atoms with Crippen molar-refractivity contribution in [1.82, 2.24) is 15.3 Å². The van der Waals surface area contributed by atoms with Gasteiger partial charge in [-0.2, -0.15) is 0 Å². The predicted octanol–water partition coefficient (Wildman–Crippen LogP) is 2.37. The Kier molecular flexibility index (Phi) is 3.52. The number of thiazole rings is 1. The molecule has 4 nitrogen and oxygen atoms in total. The molecule has 5 heteroatoms. The molecule has 0 spiro atoms. The van der Waals surface area contributed by atoms with Gasteiger partial charge in [0.05, 0.1) is 22.3 Å². The number of nitrogens with one attached hydrogen (secondary N) is 1. The van der Waals surface area contributed by atoms with Gasteiger partial charge in [0.2, 0.25) is 0 Å². The van der Waals surface area contributed by atoms with Crippen molar-refractivity contribution in [1.29, 1.82) is 0 Å². The zero-order chi connectivity index (χ0) is 12.2. The molecule has 0 unspecified atom stereocenters. The Morgan fingerprint density at radius 1 is 1.33 bits per heavy atom. The number of ether oxygens (including phenoxy) is 1. The Labute approximate surface area is 110 Å². The smallest absolute Gasteiger partial charge is 0.138 e. The molecule has 2 heterocycles. The highest BCUT2D eigenvalue weighted by Crippen LogP contribution is 2.19. The van der Waals surface area contributed by atoms with Gasteiger partial charge in [-0.25, -0.2) is 0 Å². The highest BCUT2D eigenvalue weighted by Gasteiger charge is 2.19. The van der Waals surface area contributed by atoms with Crippen LogP contribution < -0.4 is 10.1 Å². The zero-order valence-electron chi connectivity index (χ0n) is 10.0. The Balaban J connectivity index is 1.50. The number of nitrogens with zero attached hydrogens (tertiary/aromatic N) is 2. The second kappa shape index (κ2) is 5.46. The molecule has 2 aromatic heterocycles. The maximum Gasteiger partial charge on any atom is 0.138 e. The van der Waals surface area contributed by atoms with E-state index in [4.69, 9.17) is 4.74 Å². The molecule has 0 saturated heterocycles. The van der Waals surface area contributed by atoms with Gasteiger partial charge < -0.3 is 10.1 Å². The topological polar surface area (TPSA) is 47.0 Å². The van der Waals surface area contributed by atoms with Crippen molar-refractivity contribution in [2.45, 2.75) is 32.0 Å². The summed E-state index contributed by atoms with van der Waals surface area (Å²) in [4.78, 5) is 9.51. The molecular formula is C13H15N3OS. The quantitative estimate of drug-likeness (QED) is 0.867. The lowest BCUT2D eigenvalue weighted by Gasteiger charge is -2.05. The van der Waals surface area contributed by atoms with Crippen LogP contribution in [0.25, 0.3) is 0 Å². The van der Waals surface area contributed by atoms with Gasteiger partial charge in [-0.05, 0) is 25.0 Å². The second-order valence-electron chi connectivity index (χ2n) is 4.40. The highest BCUT2D eigenvalue weighted by molar-refractivity contribution is 7.09. The van der Waals surface area contributed by atoms with Crippen LogP contribution in [0, 0.1) is 0 Å². The first-order valence-corrected chi connectivity index (χ1v) is 6.96. The first kappa shape index (κ1) is 11.6. The van der Waals surface area contributed by atoms with Crippen molar-refractivity contribution >= 4 is 11.3 Å². The molecule has 3 rings (SSSR count). The van der Waals surface area contributed by atoms with E-state index >= 15 is 0 Å². The molecule has 1 aliphatic rings. The van der Waals surface area contributed by atoms with Gasteiger partial charge in [0.25, 0.3) is 0 Å². The minimum absolute atomic E-state index is 0.562. The second-order valence-corrected chi connectivity index (χ2v) is 5.37. The molecule has 0 amide bonds. The molecule has 0 radical (unpaired) electrons. The van der Waals surface area contributed by atoms with E-state index in [0.717, 1.165) is 22.9 Å². The Morgan fingerprint density at radius 3 is 2.94 bits per heavy atom. The van der Waals surface area contributed by atoms with Gasteiger partial charge in [0, 0.05) is 18.8 Å². The van der Waals surface area contributed by atoms with Crippen LogP contribution in [0.4, 0.5) is 0 Å². The fourth-order valence-electron chi connectivity index (χ4n) is 1.61.